The summed E-state index contributed by atoms with van der Waals surface area (Å²) < 4.78 is 18.3. The molecule has 0 spiro atoms. The number of carbonyl (C=O) groups is 2. The van der Waals surface area contributed by atoms with Crippen LogP contribution in [0, 0.1) is 11.7 Å². The Kier molecular flexibility index (Phi) is 5.75. The van der Waals surface area contributed by atoms with Crippen LogP contribution in [0.3, 0.4) is 0 Å². The van der Waals surface area contributed by atoms with Crippen LogP contribution in [-0.2, 0) is 9.59 Å². The molecule has 22 heavy (non-hydrogen) atoms. The van der Waals surface area contributed by atoms with Crippen molar-refractivity contribution < 1.29 is 23.8 Å². The Morgan fingerprint density at radius 2 is 2.18 bits per heavy atom. The molecule has 1 aromatic carbocycles. The molecule has 1 fully saturated rings. The topological polar surface area (TPSA) is 75.6 Å². The van der Waals surface area contributed by atoms with Gasteiger partial charge in [0.1, 0.15) is 17.6 Å². The lowest BCUT2D eigenvalue weighted by Gasteiger charge is -2.14. The van der Waals surface area contributed by atoms with Crippen LogP contribution in [0.1, 0.15) is 32.1 Å². The number of carboxylic acids is 1. The van der Waals surface area contributed by atoms with Crippen LogP contribution in [0.5, 0.6) is 5.75 Å². The van der Waals surface area contributed by atoms with Gasteiger partial charge in [-0.2, -0.15) is 0 Å². The molecule has 5 nitrogen and oxygen atoms in total. The van der Waals surface area contributed by atoms with Gasteiger partial charge in [0.2, 0.25) is 5.91 Å². The maximum Gasteiger partial charge on any atom is 0.326 e. The highest BCUT2D eigenvalue weighted by atomic mass is 19.1. The Balaban J connectivity index is 1.65. The standard InChI is InChI=1S/C16H20FNO4/c17-12-3-1-4-13(10-12)22-8-2-5-15(19)18-14(16(20)21)9-11-6-7-11/h1,3-4,10-11,14H,2,5-9H2,(H,18,19)(H,20,21). The van der Waals surface area contributed by atoms with Crippen LogP contribution in [0.4, 0.5) is 4.39 Å². The quantitative estimate of drug-likeness (QED) is 0.687. The van der Waals surface area contributed by atoms with Crippen molar-refractivity contribution in [2.45, 2.75) is 38.1 Å². The number of carbonyl (C=O) groups excluding carboxylic acids is 1. The predicted molar refractivity (Wildman–Crippen MR) is 78.0 cm³/mol. The monoisotopic (exact) mass is 309 g/mol. The van der Waals surface area contributed by atoms with Crippen LogP contribution in [-0.4, -0.2) is 29.6 Å². The maximum atomic E-state index is 12.9. The Hall–Kier alpha value is -2.11. The molecule has 0 saturated heterocycles. The van der Waals surface area contributed by atoms with Gasteiger partial charge in [-0.1, -0.05) is 18.9 Å². The largest absolute Gasteiger partial charge is 0.493 e. The van der Waals surface area contributed by atoms with Crippen LogP contribution in [0.15, 0.2) is 24.3 Å². The van der Waals surface area contributed by atoms with E-state index in [4.69, 9.17) is 9.84 Å². The summed E-state index contributed by atoms with van der Waals surface area (Å²) in [4.78, 5) is 22.8. The van der Waals surface area contributed by atoms with E-state index in [2.05, 4.69) is 5.32 Å². The molecule has 120 valence electrons. The minimum Gasteiger partial charge on any atom is -0.493 e. The second kappa shape index (κ2) is 7.77. The molecule has 1 aromatic rings. The number of nitrogens with one attached hydrogen (secondary N) is 1. The average Bonchev–Trinajstić information content (AvgIpc) is 3.27. The van der Waals surface area contributed by atoms with Gasteiger partial charge in [0.05, 0.1) is 6.61 Å². The van der Waals surface area contributed by atoms with E-state index in [9.17, 15) is 14.0 Å². The van der Waals surface area contributed by atoms with E-state index in [0.29, 0.717) is 24.5 Å². The van der Waals surface area contributed by atoms with Crippen molar-refractivity contribution in [3.8, 4) is 5.75 Å². The molecule has 0 aromatic heterocycles. The third kappa shape index (κ3) is 5.71. The number of carboxylic acid groups (broad SMARTS) is 1. The number of rotatable bonds is 9. The molecular formula is C16H20FNO4. The van der Waals surface area contributed by atoms with Crippen molar-refractivity contribution in [2.24, 2.45) is 5.92 Å². The predicted octanol–water partition coefficient (Wildman–Crippen LogP) is 2.35. The van der Waals surface area contributed by atoms with Gasteiger partial charge in [-0.05, 0) is 30.9 Å². The first kappa shape index (κ1) is 16.3. The number of benzene rings is 1. The zero-order chi connectivity index (χ0) is 15.9. The Bertz CT molecular complexity index is 531. The second-order valence-corrected chi connectivity index (χ2v) is 5.55. The lowest BCUT2D eigenvalue weighted by molar-refractivity contribution is -0.142. The summed E-state index contributed by atoms with van der Waals surface area (Å²) >= 11 is 0. The van der Waals surface area contributed by atoms with E-state index in [1.165, 1.54) is 12.1 Å². The van der Waals surface area contributed by atoms with Crippen molar-refractivity contribution in [1.82, 2.24) is 5.32 Å². The van der Waals surface area contributed by atoms with Gasteiger partial charge < -0.3 is 15.2 Å². The van der Waals surface area contributed by atoms with Crippen molar-refractivity contribution in [3.05, 3.63) is 30.1 Å². The molecule has 0 radical (unpaired) electrons. The summed E-state index contributed by atoms with van der Waals surface area (Å²) in [6, 6.07) is 4.98. The van der Waals surface area contributed by atoms with Crippen molar-refractivity contribution >= 4 is 11.9 Å². The first-order valence-corrected chi connectivity index (χ1v) is 7.45. The van der Waals surface area contributed by atoms with Gasteiger partial charge in [-0.3, -0.25) is 4.79 Å². The summed E-state index contributed by atoms with van der Waals surface area (Å²) in [5.74, 6) is -0.818. The minimum absolute atomic E-state index is 0.184. The molecule has 0 heterocycles. The zero-order valence-corrected chi connectivity index (χ0v) is 12.3. The molecule has 0 aliphatic heterocycles. The van der Waals surface area contributed by atoms with E-state index >= 15 is 0 Å². The number of hydrogen-bond donors (Lipinski definition) is 2. The Morgan fingerprint density at radius 3 is 2.82 bits per heavy atom. The van der Waals surface area contributed by atoms with E-state index in [0.717, 1.165) is 12.8 Å². The first-order chi connectivity index (χ1) is 10.5. The van der Waals surface area contributed by atoms with Crippen LogP contribution >= 0.6 is 0 Å². The van der Waals surface area contributed by atoms with Crippen molar-refractivity contribution in [1.29, 1.82) is 0 Å². The summed E-state index contributed by atoms with van der Waals surface area (Å²) in [5.41, 5.74) is 0. The van der Waals surface area contributed by atoms with Crippen LogP contribution in [0.2, 0.25) is 0 Å². The molecule has 2 N–H and O–H groups in total. The van der Waals surface area contributed by atoms with E-state index in [1.54, 1.807) is 12.1 Å². The molecule has 2 rings (SSSR count). The number of halogens is 1. The van der Waals surface area contributed by atoms with Crippen LogP contribution < -0.4 is 10.1 Å². The highest BCUT2D eigenvalue weighted by Crippen LogP contribution is 2.33. The smallest absolute Gasteiger partial charge is 0.326 e. The van der Waals surface area contributed by atoms with E-state index in [1.807, 2.05) is 0 Å². The number of amides is 1. The molecule has 1 aliphatic carbocycles. The zero-order valence-electron chi connectivity index (χ0n) is 12.3. The van der Waals surface area contributed by atoms with E-state index in [-0.39, 0.29) is 24.8 Å². The highest BCUT2D eigenvalue weighted by Gasteiger charge is 2.29. The molecule has 6 heteroatoms. The second-order valence-electron chi connectivity index (χ2n) is 5.55. The lowest BCUT2D eigenvalue weighted by atomic mass is 10.1. The van der Waals surface area contributed by atoms with Gasteiger partial charge in [-0.15, -0.1) is 0 Å². The molecule has 1 amide bonds. The fourth-order valence-electron chi connectivity index (χ4n) is 2.15. The van der Waals surface area contributed by atoms with Gasteiger partial charge in [0.15, 0.2) is 0 Å². The van der Waals surface area contributed by atoms with Crippen molar-refractivity contribution in [2.75, 3.05) is 6.61 Å². The summed E-state index contributed by atoms with van der Waals surface area (Å²) in [5, 5.41) is 11.6. The normalized spacial score (nSPS) is 15.1. The van der Waals surface area contributed by atoms with Gasteiger partial charge >= 0.3 is 5.97 Å². The maximum absolute atomic E-state index is 12.9. The minimum atomic E-state index is -0.990. The third-order valence-electron chi connectivity index (χ3n) is 3.51. The molecule has 1 aliphatic rings. The fourth-order valence-corrected chi connectivity index (χ4v) is 2.15. The molecular weight excluding hydrogens is 289 g/mol. The summed E-state index contributed by atoms with van der Waals surface area (Å²) in [6.45, 7) is 0.275. The van der Waals surface area contributed by atoms with Gasteiger partial charge in [0, 0.05) is 12.5 Å². The summed E-state index contributed by atoms with van der Waals surface area (Å²) in [7, 11) is 0. The Morgan fingerprint density at radius 1 is 1.41 bits per heavy atom. The number of aliphatic carboxylic acids is 1. The number of ether oxygens (including phenoxy) is 1. The summed E-state index contributed by atoms with van der Waals surface area (Å²) in [6.07, 6.45) is 3.21. The van der Waals surface area contributed by atoms with Gasteiger partial charge in [-0.25, -0.2) is 9.18 Å². The molecule has 1 saturated carbocycles. The Labute approximate surface area is 128 Å². The third-order valence-corrected chi connectivity index (χ3v) is 3.51. The highest BCUT2D eigenvalue weighted by molar-refractivity contribution is 5.83. The van der Waals surface area contributed by atoms with Crippen molar-refractivity contribution in [3.63, 3.8) is 0 Å². The fraction of sp³-hybridized carbons (Fsp3) is 0.500. The SMILES string of the molecule is O=C(CCCOc1cccc(F)c1)NC(CC1CC1)C(=O)O. The molecule has 1 unspecified atom stereocenters. The molecule has 1 atom stereocenters. The lowest BCUT2D eigenvalue weighted by Crippen LogP contribution is -2.41. The van der Waals surface area contributed by atoms with E-state index < -0.39 is 12.0 Å². The van der Waals surface area contributed by atoms with Gasteiger partial charge in [0.25, 0.3) is 0 Å². The molecule has 0 bridgehead atoms. The first-order valence-electron chi connectivity index (χ1n) is 7.45. The average molecular weight is 309 g/mol. The van der Waals surface area contributed by atoms with Crippen LogP contribution in [0.25, 0.3) is 0 Å². The number of hydrogen-bond acceptors (Lipinski definition) is 3.